The minimum absolute atomic E-state index is 0.217. The molecule has 1 fully saturated rings. The van der Waals surface area contributed by atoms with Gasteiger partial charge in [0.1, 0.15) is 37.5 Å². The van der Waals surface area contributed by atoms with Gasteiger partial charge in [0.25, 0.3) is 11.5 Å². The zero-order valence-corrected chi connectivity index (χ0v) is 12.9. The van der Waals surface area contributed by atoms with Crippen LogP contribution in [0.1, 0.15) is 10.4 Å². The summed E-state index contributed by atoms with van der Waals surface area (Å²) >= 11 is 0. The van der Waals surface area contributed by atoms with E-state index >= 15 is 0 Å². The van der Waals surface area contributed by atoms with Crippen LogP contribution in [0.5, 0.6) is 5.75 Å². The van der Waals surface area contributed by atoms with Gasteiger partial charge in [-0.15, -0.1) is 0 Å². The van der Waals surface area contributed by atoms with Gasteiger partial charge in [0.05, 0.1) is 18.6 Å². The molecule has 7 nitrogen and oxygen atoms in total. The number of aromatic amines is 1. The van der Waals surface area contributed by atoms with Crippen molar-refractivity contribution >= 4 is 16.8 Å². The quantitative estimate of drug-likeness (QED) is 0.428. The molecule has 7 heteroatoms. The van der Waals surface area contributed by atoms with E-state index in [1.54, 1.807) is 24.3 Å². The molecule has 1 saturated heterocycles. The van der Waals surface area contributed by atoms with Crippen LogP contribution in [0.25, 0.3) is 10.9 Å². The number of para-hydroxylation sites is 1. The van der Waals surface area contributed by atoms with E-state index < -0.39 is 11.5 Å². The lowest BCUT2D eigenvalue weighted by molar-refractivity contribution is -0.945. The minimum Gasteiger partial charge on any atom is -0.506 e. The summed E-state index contributed by atoms with van der Waals surface area (Å²) in [6.07, 6.45) is 0. The summed E-state index contributed by atoms with van der Waals surface area (Å²) in [5.74, 6) is -0.792. The molecule has 1 aromatic heterocycles. The van der Waals surface area contributed by atoms with Gasteiger partial charge in [0.2, 0.25) is 0 Å². The van der Waals surface area contributed by atoms with Crippen LogP contribution in [0, 0.1) is 0 Å². The van der Waals surface area contributed by atoms with Crippen molar-refractivity contribution in [1.82, 2.24) is 10.3 Å². The molecular weight excluding hydrogens is 296 g/mol. The molecular formula is C16H22N4O3+2. The van der Waals surface area contributed by atoms with Gasteiger partial charge < -0.3 is 25.6 Å². The fourth-order valence-corrected chi connectivity index (χ4v) is 3.01. The van der Waals surface area contributed by atoms with E-state index in [1.165, 1.54) is 4.90 Å². The molecule has 3 rings (SSSR count). The second kappa shape index (κ2) is 6.80. The molecule has 6 N–H and O–H groups in total. The van der Waals surface area contributed by atoms with Crippen molar-refractivity contribution in [2.24, 2.45) is 0 Å². The Morgan fingerprint density at radius 3 is 2.83 bits per heavy atom. The highest BCUT2D eigenvalue weighted by Gasteiger charge is 2.20. The van der Waals surface area contributed by atoms with Crippen molar-refractivity contribution in [3.63, 3.8) is 0 Å². The van der Waals surface area contributed by atoms with E-state index in [-0.39, 0.29) is 11.3 Å². The Labute approximate surface area is 133 Å². The summed E-state index contributed by atoms with van der Waals surface area (Å²) < 4.78 is 0. The maximum atomic E-state index is 12.3. The second-order valence-electron chi connectivity index (χ2n) is 5.85. The first kappa shape index (κ1) is 15.5. The average molecular weight is 318 g/mol. The number of pyridine rings is 1. The molecule has 0 unspecified atom stereocenters. The highest BCUT2D eigenvalue weighted by molar-refractivity contribution is 6.01. The van der Waals surface area contributed by atoms with Crippen LogP contribution in [0.2, 0.25) is 0 Å². The Balaban J connectivity index is 1.71. The monoisotopic (exact) mass is 318 g/mol. The van der Waals surface area contributed by atoms with E-state index in [0.717, 1.165) is 32.7 Å². The van der Waals surface area contributed by atoms with E-state index in [2.05, 4.69) is 15.6 Å². The number of amides is 1. The number of hydrogen-bond acceptors (Lipinski definition) is 3. The molecule has 2 heterocycles. The van der Waals surface area contributed by atoms with Gasteiger partial charge in [-0.2, -0.15) is 0 Å². The van der Waals surface area contributed by atoms with Gasteiger partial charge in [0, 0.05) is 5.39 Å². The highest BCUT2D eigenvalue weighted by Crippen LogP contribution is 2.24. The smallest absolute Gasteiger partial charge is 0.265 e. The molecule has 0 aliphatic carbocycles. The molecule has 1 aliphatic heterocycles. The highest BCUT2D eigenvalue weighted by atomic mass is 16.3. The van der Waals surface area contributed by atoms with Crippen LogP contribution in [-0.2, 0) is 0 Å². The number of carbonyl (C=O) groups is 1. The fourth-order valence-electron chi connectivity index (χ4n) is 3.01. The van der Waals surface area contributed by atoms with Crippen molar-refractivity contribution in [3.05, 3.63) is 40.2 Å². The Morgan fingerprint density at radius 2 is 2.04 bits per heavy atom. The van der Waals surface area contributed by atoms with Gasteiger partial charge in [-0.25, -0.2) is 0 Å². The number of carbonyl (C=O) groups excluding carboxylic acids is 1. The maximum absolute atomic E-state index is 12.3. The van der Waals surface area contributed by atoms with E-state index in [0.29, 0.717) is 17.4 Å². The van der Waals surface area contributed by atoms with E-state index in [4.69, 9.17) is 0 Å². The first-order chi connectivity index (χ1) is 11.2. The number of piperazine rings is 1. The lowest BCUT2D eigenvalue weighted by Crippen LogP contribution is -3.20. The van der Waals surface area contributed by atoms with Crippen LogP contribution < -0.4 is 21.1 Å². The van der Waals surface area contributed by atoms with Crippen LogP contribution in [0.15, 0.2) is 29.1 Å². The third-order valence-electron chi connectivity index (χ3n) is 4.29. The summed E-state index contributed by atoms with van der Waals surface area (Å²) in [6.45, 7) is 5.68. The van der Waals surface area contributed by atoms with Crippen molar-refractivity contribution in [2.75, 3.05) is 39.3 Å². The summed E-state index contributed by atoms with van der Waals surface area (Å²) in [4.78, 5) is 28.4. The molecule has 0 bridgehead atoms. The normalized spacial score (nSPS) is 15.7. The number of quaternary nitrogens is 2. The van der Waals surface area contributed by atoms with Crippen LogP contribution >= 0.6 is 0 Å². The average Bonchev–Trinajstić information content (AvgIpc) is 2.56. The van der Waals surface area contributed by atoms with Gasteiger partial charge in [-0.3, -0.25) is 9.59 Å². The summed E-state index contributed by atoms with van der Waals surface area (Å²) in [5.41, 5.74) is -0.273. The molecule has 1 aromatic carbocycles. The van der Waals surface area contributed by atoms with Crippen LogP contribution in [0.4, 0.5) is 0 Å². The number of benzene rings is 1. The Kier molecular flexibility index (Phi) is 4.59. The topological polar surface area (TPSA) is 103 Å². The third kappa shape index (κ3) is 3.35. The van der Waals surface area contributed by atoms with E-state index in [9.17, 15) is 14.7 Å². The Hall–Kier alpha value is -2.38. The third-order valence-corrected chi connectivity index (χ3v) is 4.29. The van der Waals surface area contributed by atoms with Crippen molar-refractivity contribution < 1.29 is 20.1 Å². The SMILES string of the molecule is O=C(NCC[NH+]1CC[NH2+]CC1)c1c(O)c2ccccc2[nH]c1=O. The van der Waals surface area contributed by atoms with Crippen molar-refractivity contribution in [2.45, 2.75) is 0 Å². The molecule has 2 aromatic rings. The Morgan fingerprint density at radius 1 is 1.30 bits per heavy atom. The number of aromatic nitrogens is 1. The molecule has 23 heavy (non-hydrogen) atoms. The van der Waals surface area contributed by atoms with Gasteiger partial charge in [0.15, 0.2) is 0 Å². The number of nitrogens with two attached hydrogens (primary N) is 1. The largest absolute Gasteiger partial charge is 0.506 e. The molecule has 122 valence electrons. The first-order valence-electron chi connectivity index (χ1n) is 7.94. The fraction of sp³-hybridized carbons (Fsp3) is 0.375. The molecule has 1 amide bonds. The standard InChI is InChI=1S/C16H20N4O3/c21-14-11-3-1-2-4-12(11)19-16(23)13(14)15(22)18-7-10-20-8-5-17-6-9-20/h1-4,17H,5-10H2,(H,18,22)(H2,19,21,23)/p+2. The number of fused-ring (bicyclic) bond motifs is 1. The van der Waals surface area contributed by atoms with Gasteiger partial charge in [-0.05, 0) is 12.1 Å². The number of aromatic hydroxyl groups is 1. The minimum atomic E-state index is -0.571. The molecule has 0 spiro atoms. The van der Waals surface area contributed by atoms with Crippen LogP contribution in [-0.4, -0.2) is 55.3 Å². The lowest BCUT2D eigenvalue weighted by Gasteiger charge is -2.22. The summed E-state index contributed by atoms with van der Waals surface area (Å²) in [5, 5.41) is 15.8. The molecule has 0 radical (unpaired) electrons. The predicted molar refractivity (Wildman–Crippen MR) is 85.8 cm³/mol. The maximum Gasteiger partial charge on any atom is 0.265 e. The van der Waals surface area contributed by atoms with E-state index in [1.807, 2.05) is 0 Å². The summed E-state index contributed by atoms with van der Waals surface area (Å²) in [7, 11) is 0. The molecule has 1 aliphatic rings. The zero-order chi connectivity index (χ0) is 16.2. The Bertz CT molecular complexity index is 765. The van der Waals surface area contributed by atoms with Gasteiger partial charge >= 0.3 is 0 Å². The van der Waals surface area contributed by atoms with Crippen molar-refractivity contribution in [3.8, 4) is 5.75 Å². The molecule has 0 atom stereocenters. The van der Waals surface area contributed by atoms with Gasteiger partial charge in [-0.1, -0.05) is 12.1 Å². The number of rotatable bonds is 4. The van der Waals surface area contributed by atoms with Crippen LogP contribution in [0.3, 0.4) is 0 Å². The number of hydrogen-bond donors (Lipinski definition) is 5. The number of H-pyrrole nitrogens is 1. The lowest BCUT2D eigenvalue weighted by atomic mass is 10.1. The number of nitrogens with one attached hydrogen (secondary N) is 3. The summed E-state index contributed by atoms with van der Waals surface area (Å²) in [6, 6.07) is 6.87. The zero-order valence-electron chi connectivity index (χ0n) is 12.9. The predicted octanol–water partition coefficient (Wildman–Crippen LogP) is -2.57. The first-order valence-corrected chi connectivity index (χ1v) is 7.94. The second-order valence-corrected chi connectivity index (χ2v) is 5.85. The van der Waals surface area contributed by atoms with Crippen molar-refractivity contribution in [1.29, 1.82) is 0 Å². The molecule has 0 saturated carbocycles.